The van der Waals surface area contributed by atoms with Crippen molar-refractivity contribution < 1.29 is 10.0 Å². The summed E-state index contributed by atoms with van der Waals surface area (Å²) in [6, 6.07) is 8.55. The molecule has 0 fully saturated rings. The fourth-order valence-electron chi connectivity index (χ4n) is 1.51. The summed E-state index contributed by atoms with van der Waals surface area (Å²) in [7, 11) is 0. The second-order valence-corrected chi connectivity index (χ2v) is 6.94. The topological polar surface area (TPSA) is 87.7 Å². The number of carbonyl (C=O) groups excluding carboxylic acids is 1. The summed E-state index contributed by atoms with van der Waals surface area (Å²) in [4.78, 5) is 12.7. The van der Waals surface area contributed by atoms with E-state index in [1.54, 1.807) is 30.3 Å². The smallest absolute Gasteiger partial charge is 0.265 e. The van der Waals surface area contributed by atoms with E-state index >= 15 is 0 Å². The normalized spacial score (nSPS) is 11.4. The average molecular weight is 419 g/mol. The van der Waals surface area contributed by atoms with Gasteiger partial charge in [0.05, 0.1) is 14.4 Å². The van der Waals surface area contributed by atoms with Crippen LogP contribution in [-0.4, -0.2) is 17.0 Å². The third-order valence-electron chi connectivity index (χ3n) is 2.43. The highest BCUT2D eigenvalue weighted by Crippen LogP contribution is 2.32. The number of thiophene rings is 1. The van der Waals surface area contributed by atoms with Crippen LogP contribution in [0.1, 0.15) is 15.2 Å². The zero-order valence-corrected chi connectivity index (χ0v) is 13.9. The lowest BCUT2D eigenvalue weighted by molar-refractivity contribution is 0.103. The van der Waals surface area contributed by atoms with Crippen molar-refractivity contribution in [1.82, 2.24) is 0 Å². The number of carbonyl (C=O) groups is 1. The van der Waals surface area contributed by atoms with Gasteiger partial charge in [-0.3, -0.25) is 4.79 Å². The van der Waals surface area contributed by atoms with E-state index in [4.69, 9.17) is 10.9 Å². The molecule has 0 unspecified atom stereocenters. The van der Waals surface area contributed by atoms with Gasteiger partial charge in [-0.15, -0.1) is 11.3 Å². The Bertz CT molecular complexity index is 666. The fraction of sp³-hybridized carbons (Fsp3) is 0. The number of para-hydroxylation sites is 1. The molecule has 4 N–H and O–H groups in total. The molecule has 1 aromatic heterocycles. The van der Waals surface area contributed by atoms with Crippen molar-refractivity contribution in [1.29, 1.82) is 0 Å². The first-order valence-corrected chi connectivity index (χ1v) is 7.76. The first kappa shape index (κ1) is 15.0. The molecule has 5 nitrogen and oxygen atoms in total. The van der Waals surface area contributed by atoms with E-state index in [2.05, 4.69) is 42.3 Å². The van der Waals surface area contributed by atoms with E-state index in [9.17, 15) is 4.79 Å². The summed E-state index contributed by atoms with van der Waals surface area (Å²) in [5.41, 5.74) is 6.51. The van der Waals surface area contributed by atoms with Crippen molar-refractivity contribution in [3.63, 3.8) is 0 Å². The number of nitrogens with one attached hydrogen (secondary N) is 1. The van der Waals surface area contributed by atoms with Crippen LogP contribution in [0.5, 0.6) is 0 Å². The molecular formula is C12H9Br2N3O2S. The van der Waals surface area contributed by atoms with Gasteiger partial charge in [-0.05, 0) is 50.1 Å². The Labute approximate surface area is 135 Å². The zero-order valence-electron chi connectivity index (χ0n) is 9.93. The van der Waals surface area contributed by atoms with Crippen LogP contribution in [0.2, 0.25) is 0 Å². The Balaban J connectivity index is 2.28. The molecule has 0 radical (unpaired) electrons. The molecule has 1 heterocycles. The highest BCUT2D eigenvalue weighted by molar-refractivity contribution is 9.13. The second kappa shape index (κ2) is 6.38. The second-order valence-electron chi connectivity index (χ2n) is 3.72. The molecule has 0 aliphatic carbocycles. The van der Waals surface area contributed by atoms with Gasteiger partial charge in [0.2, 0.25) is 0 Å². The van der Waals surface area contributed by atoms with Crippen LogP contribution in [0.25, 0.3) is 0 Å². The van der Waals surface area contributed by atoms with Crippen LogP contribution < -0.4 is 11.1 Å². The molecule has 0 saturated carbocycles. The summed E-state index contributed by atoms with van der Waals surface area (Å²) in [5, 5.41) is 14.4. The van der Waals surface area contributed by atoms with Gasteiger partial charge in [-0.1, -0.05) is 17.3 Å². The van der Waals surface area contributed by atoms with Crippen molar-refractivity contribution >= 4 is 60.6 Å². The van der Waals surface area contributed by atoms with Crippen molar-refractivity contribution in [2.24, 2.45) is 10.9 Å². The lowest BCUT2D eigenvalue weighted by Gasteiger charge is -2.08. The van der Waals surface area contributed by atoms with Crippen molar-refractivity contribution in [3.8, 4) is 0 Å². The lowest BCUT2D eigenvalue weighted by Crippen LogP contribution is -2.18. The Hall–Kier alpha value is -1.38. The van der Waals surface area contributed by atoms with Gasteiger partial charge in [-0.25, -0.2) is 0 Å². The van der Waals surface area contributed by atoms with Crippen molar-refractivity contribution in [3.05, 3.63) is 49.0 Å². The molecule has 0 atom stereocenters. The molecule has 1 aromatic carbocycles. The van der Waals surface area contributed by atoms with Gasteiger partial charge in [0.25, 0.3) is 5.91 Å². The van der Waals surface area contributed by atoms with Crippen LogP contribution in [0.3, 0.4) is 0 Å². The van der Waals surface area contributed by atoms with Crippen molar-refractivity contribution in [2.45, 2.75) is 0 Å². The van der Waals surface area contributed by atoms with Crippen LogP contribution in [-0.2, 0) is 0 Å². The minimum absolute atomic E-state index is 0.0607. The Morgan fingerprint density at radius 3 is 2.65 bits per heavy atom. The minimum atomic E-state index is -0.264. The summed E-state index contributed by atoms with van der Waals surface area (Å²) >= 11 is 7.98. The molecule has 20 heavy (non-hydrogen) atoms. The SMILES string of the molecule is N/C(=N/O)c1ccccc1NC(=O)c1cc(Br)c(Br)s1. The van der Waals surface area contributed by atoms with Gasteiger partial charge < -0.3 is 16.3 Å². The first-order chi connectivity index (χ1) is 9.52. The Kier molecular flexibility index (Phi) is 4.79. The molecule has 1 amide bonds. The molecule has 2 aromatic rings. The molecule has 0 aliphatic heterocycles. The average Bonchev–Trinajstić information content (AvgIpc) is 2.78. The van der Waals surface area contributed by atoms with E-state index in [-0.39, 0.29) is 11.7 Å². The van der Waals surface area contributed by atoms with Crippen LogP contribution in [0, 0.1) is 0 Å². The predicted molar refractivity (Wildman–Crippen MR) is 86.6 cm³/mol. The quantitative estimate of drug-likeness (QED) is 0.308. The summed E-state index contributed by atoms with van der Waals surface area (Å²) in [5.74, 6) is -0.325. The largest absolute Gasteiger partial charge is 0.409 e. The monoisotopic (exact) mass is 417 g/mol. The van der Waals surface area contributed by atoms with Gasteiger partial charge in [-0.2, -0.15) is 0 Å². The van der Waals surface area contributed by atoms with E-state index in [1.807, 2.05) is 0 Å². The molecule has 104 valence electrons. The fourth-order valence-corrected chi connectivity index (χ4v) is 3.44. The molecule has 0 aliphatic rings. The van der Waals surface area contributed by atoms with E-state index < -0.39 is 0 Å². The van der Waals surface area contributed by atoms with E-state index in [1.165, 1.54) is 11.3 Å². The number of nitrogens with zero attached hydrogens (tertiary/aromatic N) is 1. The van der Waals surface area contributed by atoms with Gasteiger partial charge in [0, 0.05) is 10.0 Å². The number of amidine groups is 1. The van der Waals surface area contributed by atoms with Crippen LogP contribution >= 0.6 is 43.2 Å². The highest BCUT2D eigenvalue weighted by atomic mass is 79.9. The number of amides is 1. The molecule has 0 bridgehead atoms. The standard InChI is InChI=1S/C12H9Br2N3O2S/c13-7-5-9(20-10(7)14)12(18)16-8-4-2-1-3-6(8)11(15)17-19/h1-5,19H,(H2,15,17)(H,16,18). The van der Waals surface area contributed by atoms with Gasteiger partial charge in [0.1, 0.15) is 0 Å². The van der Waals surface area contributed by atoms with Gasteiger partial charge in [0.15, 0.2) is 5.84 Å². The van der Waals surface area contributed by atoms with Crippen molar-refractivity contribution in [2.75, 3.05) is 5.32 Å². The maximum atomic E-state index is 12.2. The summed E-state index contributed by atoms with van der Waals surface area (Å²) in [6.45, 7) is 0. The molecular weight excluding hydrogens is 410 g/mol. The third-order valence-corrected chi connectivity index (χ3v) is 5.68. The highest BCUT2D eigenvalue weighted by Gasteiger charge is 2.14. The molecule has 0 spiro atoms. The lowest BCUT2D eigenvalue weighted by atomic mass is 10.1. The minimum Gasteiger partial charge on any atom is -0.409 e. The predicted octanol–water partition coefficient (Wildman–Crippen LogP) is 3.62. The maximum Gasteiger partial charge on any atom is 0.265 e. The number of halogens is 2. The number of oxime groups is 1. The third kappa shape index (κ3) is 3.20. The molecule has 2 rings (SSSR count). The van der Waals surface area contributed by atoms with E-state index in [0.717, 1.165) is 8.26 Å². The van der Waals surface area contributed by atoms with Crippen LogP contribution in [0.15, 0.2) is 43.7 Å². The number of anilines is 1. The Morgan fingerprint density at radius 2 is 2.05 bits per heavy atom. The van der Waals surface area contributed by atoms with Crippen LogP contribution in [0.4, 0.5) is 5.69 Å². The maximum absolute atomic E-state index is 12.2. The number of rotatable bonds is 3. The number of hydrogen-bond donors (Lipinski definition) is 3. The summed E-state index contributed by atoms with van der Waals surface area (Å²) < 4.78 is 1.66. The van der Waals surface area contributed by atoms with Gasteiger partial charge >= 0.3 is 0 Å². The molecule has 8 heteroatoms. The number of hydrogen-bond acceptors (Lipinski definition) is 4. The number of nitrogens with two attached hydrogens (primary N) is 1. The van der Waals surface area contributed by atoms with E-state index in [0.29, 0.717) is 16.1 Å². The summed E-state index contributed by atoms with van der Waals surface area (Å²) in [6.07, 6.45) is 0. The zero-order chi connectivity index (χ0) is 14.7. The number of benzene rings is 1. The Morgan fingerprint density at radius 1 is 1.35 bits per heavy atom. The first-order valence-electron chi connectivity index (χ1n) is 5.36. The molecule has 0 saturated heterocycles.